The third-order valence-electron chi connectivity index (χ3n) is 4.08. The molecule has 0 aromatic carbocycles. The second-order valence-corrected chi connectivity index (χ2v) is 8.37. The van der Waals surface area contributed by atoms with Crippen molar-refractivity contribution < 1.29 is 8.42 Å². The van der Waals surface area contributed by atoms with Gasteiger partial charge < -0.3 is 4.57 Å². The summed E-state index contributed by atoms with van der Waals surface area (Å²) >= 11 is 0. The van der Waals surface area contributed by atoms with Crippen LogP contribution in [0.15, 0.2) is 12.4 Å². The molecule has 1 fully saturated rings. The van der Waals surface area contributed by atoms with Crippen molar-refractivity contribution in [1.29, 1.82) is 0 Å². The molecule has 2 heterocycles. The van der Waals surface area contributed by atoms with Crippen molar-refractivity contribution in [3.8, 4) is 0 Å². The molecule has 0 amide bonds. The second kappa shape index (κ2) is 6.46. The number of aromatic nitrogens is 2. The summed E-state index contributed by atoms with van der Waals surface area (Å²) in [7, 11) is -0.0892. The predicted octanol–water partition coefficient (Wildman–Crippen LogP) is 1.52. The molecule has 1 aliphatic heterocycles. The lowest BCUT2D eigenvalue weighted by molar-refractivity contribution is 0.242. The number of nitrogens with zero attached hydrogens (tertiary/aromatic N) is 4. The SMILES string of the molecule is CC(C)c1nccn1CC1CCN(S(=O)(=O)N(C)C)CC1. The predicted molar refractivity (Wildman–Crippen MR) is 83.2 cm³/mol. The van der Waals surface area contributed by atoms with Crippen LogP contribution in [0.4, 0.5) is 0 Å². The number of piperidine rings is 1. The van der Waals surface area contributed by atoms with E-state index in [1.54, 1.807) is 18.4 Å². The first-order valence-electron chi connectivity index (χ1n) is 7.51. The van der Waals surface area contributed by atoms with Crippen LogP contribution in [0.2, 0.25) is 0 Å². The summed E-state index contributed by atoms with van der Waals surface area (Å²) in [6.45, 7) is 6.44. The zero-order chi connectivity index (χ0) is 15.6. The first-order valence-corrected chi connectivity index (χ1v) is 8.90. The van der Waals surface area contributed by atoms with Crippen molar-refractivity contribution in [3.63, 3.8) is 0 Å². The van der Waals surface area contributed by atoms with E-state index in [1.165, 1.54) is 4.31 Å². The Morgan fingerprint density at radius 2 is 1.95 bits per heavy atom. The van der Waals surface area contributed by atoms with E-state index in [4.69, 9.17) is 0 Å². The molecule has 1 saturated heterocycles. The molecule has 120 valence electrons. The summed E-state index contributed by atoms with van der Waals surface area (Å²) in [5, 5.41) is 0. The number of hydrogen-bond acceptors (Lipinski definition) is 3. The summed E-state index contributed by atoms with van der Waals surface area (Å²) in [6, 6.07) is 0. The zero-order valence-corrected chi connectivity index (χ0v) is 14.2. The maximum Gasteiger partial charge on any atom is 0.281 e. The Kier molecular flexibility index (Phi) is 5.06. The molecular formula is C14H26N4O2S. The van der Waals surface area contributed by atoms with E-state index in [1.807, 2.05) is 12.4 Å². The van der Waals surface area contributed by atoms with Crippen molar-refractivity contribution in [3.05, 3.63) is 18.2 Å². The lowest BCUT2D eigenvalue weighted by atomic mass is 9.98. The van der Waals surface area contributed by atoms with Gasteiger partial charge in [0, 0.05) is 52.0 Å². The fourth-order valence-corrected chi connectivity index (χ4v) is 3.94. The van der Waals surface area contributed by atoms with Crippen molar-refractivity contribution in [2.45, 2.75) is 39.2 Å². The average Bonchev–Trinajstić information content (AvgIpc) is 2.87. The molecular weight excluding hydrogens is 288 g/mol. The molecule has 0 unspecified atom stereocenters. The Hall–Kier alpha value is -0.920. The maximum atomic E-state index is 12.1. The lowest BCUT2D eigenvalue weighted by Gasteiger charge is -2.33. The Bertz CT molecular complexity index is 557. The van der Waals surface area contributed by atoms with E-state index < -0.39 is 10.2 Å². The highest BCUT2D eigenvalue weighted by Gasteiger charge is 2.29. The smallest absolute Gasteiger partial charge is 0.281 e. The van der Waals surface area contributed by atoms with Gasteiger partial charge in [-0.25, -0.2) is 4.98 Å². The van der Waals surface area contributed by atoms with Crippen molar-refractivity contribution in [2.75, 3.05) is 27.2 Å². The minimum absolute atomic E-state index is 0.411. The Balaban J connectivity index is 1.94. The molecule has 0 N–H and O–H groups in total. The number of imidazole rings is 1. The Labute approximate surface area is 127 Å². The summed E-state index contributed by atoms with van der Waals surface area (Å²) in [5.74, 6) is 2.04. The van der Waals surface area contributed by atoms with Gasteiger partial charge in [0.05, 0.1) is 0 Å². The van der Waals surface area contributed by atoms with Crippen molar-refractivity contribution in [1.82, 2.24) is 18.2 Å². The van der Waals surface area contributed by atoms with Gasteiger partial charge in [0.2, 0.25) is 0 Å². The largest absolute Gasteiger partial charge is 0.334 e. The molecule has 0 bridgehead atoms. The molecule has 0 atom stereocenters. The molecule has 0 spiro atoms. The highest BCUT2D eigenvalue weighted by atomic mass is 32.2. The second-order valence-electron chi connectivity index (χ2n) is 6.23. The van der Waals surface area contributed by atoms with Crippen molar-refractivity contribution in [2.24, 2.45) is 5.92 Å². The van der Waals surface area contributed by atoms with Crippen LogP contribution < -0.4 is 0 Å². The van der Waals surface area contributed by atoms with Crippen LogP contribution in [0, 0.1) is 5.92 Å². The van der Waals surface area contributed by atoms with Crippen LogP contribution in [-0.4, -0.2) is 53.8 Å². The van der Waals surface area contributed by atoms with Gasteiger partial charge in [0.1, 0.15) is 5.82 Å². The lowest BCUT2D eigenvalue weighted by Crippen LogP contribution is -2.44. The van der Waals surface area contributed by atoms with E-state index in [9.17, 15) is 8.42 Å². The van der Waals surface area contributed by atoms with Crippen molar-refractivity contribution >= 4 is 10.2 Å². The average molecular weight is 314 g/mol. The van der Waals surface area contributed by atoms with Gasteiger partial charge >= 0.3 is 0 Å². The standard InChI is InChI=1S/C14H26N4O2S/c1-12(2)14-15-7-10-17(14)11-13-5-8-18(9-6-13)21(19,20)16(3)4/h7,10,12-13H,5-6,8-9,11H2,1-4H3. The Morgan fingerprint density at radius 3 is 2.48 bits per heavy atom. The molecule has 2 rings (SSSR count). The molecule has 1 aliphatic rings. The minimum Gasteiger partial charge on any atom is -0.334 e. The van der Waals surface area contributed by atoms with E-state index in [0.717, 1.165) is 25.2 Å². The third-order valence-corrected chi connectivity index (χ3v) is 6.02. The summed E-state index contributed by atoms with van der Waals surface area (Å²) in [6.07, 6.45) is 5.69. The van der Waals surface area contributed by atoms with Gasteiger partial charge in [0.25, 0.3) is 10.2 Å². The normalized spacial score (nSPS) is 18.8. The molecule has 1 aromatic heterocycles. The first-order chi connectivity index (χ1) is 9.82. The number of hydrogen-bond donors (Lipinski definition) is 0. The van der Waals surface area contributed by atoms with Crippen LogP contribution in [0.5, 0.6) is 0 Å². The van der Waals surface area contributed by atoms with Crippen LogP contribution in [0.3, 0.4) is 0 Å². The molecule has 6 nitrogen and oxygen atoms in total. The fraction of sp³-hybridized carbons (Fsp3) is 0.786. The van der Waals surface area contributed by atoms with Crippen LogP contribution in [-0.2, 0) is 16.8 Å². The van der Waals surface area contributed by atoms with Gasteiger partial charge in [-0.1, -0.05) is 13.8 Å². The van der Waals surface area contributed by atoms with Gasteiger partial charge in [-0.3, -0.25) is 0 Å². The molecule has 1 aromatic rings. The maximum absolute atomic E-state index is 12.1. The monoisotopic (exact) mass is 314 g/mol. The summed E-state index contributed by atoms with van der Waals surface area (Å²) in [4.78, 5) is 4.41. The van der Waals surface area contributed by atoms with Crippen LogP contribution in [0.25, 0.3) is 0 Å². The quantitative estimate of drug-likeness (QED) is 0.828. The topological polar surface area (TPSA) is 58.4 Å². The first kappa shape index (κ1) is 16.5. The van der Waals surface area contributed by atoms with Gasteiger partial charge in [-0.15, -0.1) is 0 Å². The molecule has 0 aliphatic carbocycles. The van der Waals surface area contributed by atoms with Crippen LogP contribution in [0.1, 0.15) is 38.4 Å². The molecule has 0 saturated carbocycles. The highest BCUT2D eigenvalue weighted by molar-refractivity contribution is 7.86. The van der Waals surface area contributed by atoms with E-state index in [0.29, 0.717) is 24.9 Å². The molecule has 21 heavy (non-hydrogen) atoms. The fourth-order valence-electron chi connectivity index (χ4n) is 2.81. The summed E-state index contributed by atoms with van der Waals surface area (Å²) in [5.41, 5.74) is 0. The minimum atomic E-state index is -3.26. The van der Waals surface area contributed by atoms with Gasteiger partial charge in [-0.05, 0) is 18.8 Å². The molecule has 7 heteroatoms. The zero-order valence-electron chi connectivity index (χ0n) is 13.4. The third kappa shape index (κ3) is 3.64. The number of rotatable bonds is 5. The van der Waals surface area contributed by atoms with E-state index in [2.05, 4.69) is 23.4 Å². The van der Waals surface area contributed by atoms with Gasteiger partial charge in [-0.2, -0.15) is 17.0 Å². The highest BCUT2D eigenvalue weighted by Crippen LogP contribution is 2.23. The van der Waals surface area contributed by atoms with Gasteiger partial charge in [0.15, 0.2) is 0 Å². The Morgan fingerprint density at radius 1 is 1.33 bits per heavy atom. The van der Waals surface area contributed by atoms with E-state index >= 15 is 0 Å². The van der Waals surface area contributed by atoms with Crippen LogP contribution >= 0.6 is 0 Å². The molecule has 0 radical (unpaired) electrons. The summed E-state index contributed by atoms with van der Waals surface area (Å²) < 4.78 is 29.3. The van der Waals surface area contributed by atoms with E-state index in [-0.39, 0.29) is 0 Å².